The number of nitrogens with one attached hydrogen (secondary N) is 1. The molecule has 0 aliphatic heterocycles. The Labute approximate surface area is 154 Å². The van der Waals surface area contributed by atoms with Gasteiger partial charge in [0.2, 0.25) is 0 Å². The number of hydrogen-bond donors (Lipinski definition) is 1. The van der Waals surface area contributed by atoms with Crippen LogP contribution in [0.3, 0.4) is 0 Å². The number of nitrogens with zero attached hydrogens (tertiary/aromatic N) is 1. The van der Waals surface area contributed by atoms with Gasteiger partial charge in [-0.2, -0.15) is 0 Å². The molecule has 0 fully saturated rings. The van der Waals surface area contributed by atoms with E-state index in [1.54, 1.807) is 24.1 Å². The van der Waals surface area contributed by atoms with Crippen molar-refractivity contribution >= 4 is 29.7 Å². The summed E-state index contributed by atoms with van der Waals surface area (Å²) >= 11 is 1.30. The van der Waals surface area contributed by atoms with E-state index in [2.05, 4.69) is 10.1 Å². The molecule has 1 N–H and O–H groups in total. The molecule has 4 nitrogen and oxygen atoms in total. The van der Waals surface area contributed by atoms with Crippen LogP contribution < -0.4 is 10.1 Å². The number of benzene rings is 1. The van der Waals surface area contributed by atoms with E-state index in [1.165, 1.54) is 35.6 Å². The first-order valence-corrected chi connectivity index (χ1v) is 7.98. The van der Waals surface area contributed by atoms with Crippen molar-refractivity contribution in [3.63, 3.8) is 0 Å². The maximum Gasteiger partial charge on any atom is 0.573 e. The molecule has 1 aromatic carbocycles. The number of thiophene rings is 1. The highest BCUT2D eigenvalue weighted by atomic mass is 35.5. The van der Waals surface area contributed by atoms with E-state index in [9.17, 15) is 18.0 Å². The van der Waals surface area contributed by atoms with Crippen LogP contribution in [0.5, 0.6) is 5.75 Å². The van der Waals surface area contributed by atoms with Gasteiger partial charge in [-0.3, -0.25) is 4.79 Å². The van der Waals surface area contributed by atoms with Crippen LogP contribution in [-0.2, 0) is 0 Å². The van der Waals surface area contributed by atoms with Crippen molar-refractivity contribution in [2.75, 3.05) is 27.2 Å². The molecule has 1 aromatic heterocycles. The summed E-state index contributed by atoms with van der Waals surface area (Å²) in [6.45, 7) is 1.28. The van der Waals surface area contributed by atoms with Crippen molar-refractivity contribution < 1.29 is 22.7 Å². The quantitative estimate of drug-likeness (QED) is 0.804. The molecular formula is C16H18ClF3N2O2S. The zero-order chi connectivity index (χ0) is 17.7. The fourth-order valence-electron chi connectivity index (χ4n) is 2.00. The van der Waals surface area contributed by atoms with Gasteiger partial charge in [0.15, 0.2) is 0 Å². The summed E-state index contributed by atoms with van der Waals surface area (Å²) in [7, 11) is 3.54. The third-order valence-corrected chi connectivity index (χ3v) is 4.36. The molecule has 25 heavy (non-hydrogen) atoms. The molecule has 2 rings (SSSR count). The predicted octanol–water partition coefficient (Wildman–Crippen LogP) is 4.03. The summed E-state index contributed by atoms with van der Waals surface area (Å²) in [6, 6.07) is 9.08. The molecule has 0 aliphatic rings. The van der Waals surface area contributed by atoms with Crippen LogP contribution in [0.2, 0.25) is 0 Å². The minimum Gasteiger partial charge on any atom is -0.406 e. The summed E-state index contributed by atoms with van der Waals surface area (Å²) in [5.74, 6) is -0.357. The Kier molecular flexibility index (Phi) is 7.72. The smallest absolute Gasteiger partial charge is 0.406 e. The van der Waals surface area contributed by atoms with Gasteiger partial charge in [0.25, 0.3) is 5.91 Å². The van der Waals surface area contributed by atoms with Gasteiger partial charge in [0, 0.05) is 25.0 Å². The van der Waals surface area contributed by atoms with Crippen LogP contribution in [0.4, 0.5) is 13.2 Å². The molecular weight excluding hydrogens is 377 g/mol. The maximum atomic E-state index is 12.3. The number of amides is 1. The lowest BCUT2D eigenvalue weighted by Crippen LogP contribution is -2.32. The number of carbonyl (C=O) groups is 1. The van der Waals surface area contributed by atoms with Crippen LogP contribution in [0.25, 0.3) is 10.4 Å². The molecule has 1 heterocycles. The molecule has 0 unspecified atom stereocenters. The number of carbonyl (C=O) groups excluding carboxylic acids is 1. The van der Waals surface area contributed by atoms with Gasteiger partial charge in [0.1, 0.15) is 5.75 Å². The third kappa shape index (κ3) is 6.22. The number of halogens is 4. The normalized spacial score (nSPS) is 10.9. The molecule has 138 valence electrons. The van der Waals surface area contributed by atoms with Crippen LogP contribution in [-0.4, -0.2) is 44.4 Å². The molecule has 9 heteroatoms. The summed E-state index contributed by atoms with van der Waals surface area (Å²) in [5.41, 5.74) is 0.728. The van der Waals surface area contributed by atoms with Gasteiger partial charge in [0.05, 0.1) is 4.88 Å². The number of rotatable bonds is 6. The first kappa shape index (κ1) is 21.3. The average molecular weight is 395 g/mol. The largest absolute Gasteiger partial charge is 0.573 e. The summed E-state index contributed by atoms with van der Waals surface area (Å²) in [6.07, 6.45) is -4.71. The molecule has 1 amide bonds. The zero-order valence-electron chi connectivity index (χ0n) is 13.6. The number of alkyl halides is 3. The fraction of sp³-hybridized carbons (Fsp3) is 0.312. The molecule has 0 bridgehead atoms. The highest BCUT2D eigenvalue weighted by molar-refractivity contribution is 7.17. The second-order valence-corrected chi connectivity index (χ2v) is 6.15. The molecule has 0 aliphatic carbocycles. The van der Waals surface area contributed by atoms with E-state index < -0.39 is 6.36 Å². The minimum absolute atomic E-state index is 0. The Morgan fingerprint density at radius 1 is 1.20 bits per heavy atom. The second kappa shape index (κ2) is 9.07. The van der Waals surface area contributed by atoms with Gasteiger partial charge in [-0.1, -0.05) is 0 Å². The highest BCUT2D eigenvalue weighted by Gasteiger charge is 2.31. The number of likely N-dealkylation sites (N-methyl/N-ethyl adjacent to an activating group) is 2. The first-order chi connectivity index (χ1) is 11.3. The number of hydrogen-bond acceptors (Lipinski definition) is 4. The summed E-state index contributed by atoms with van der Waals surface area (Å²) in [5, 5.41) is 2.97. The van der Waals surface area contributed by atoms with Crippen LogP contribution in [0.15, 0.2) is 36.4 Å². The second-order valence-electron chi connectivity index (χ2n) is 5.07. The van der Waals surface area contributed by atoms with Gasteiger partial charge < -0.3 is 15.0 Å². The van der Waals surface area contributed by atoms with Crippen molar-refractivity contribution in [2.24, 2.45) is 0 Å². The van der Waals surface area contributed by atoms with Crippen LogP contribution in [0, 0.1) is 0 Å². The van der Waals surface area contributed by atoms with Crippen molar-refractivity contribution in [3.8, 4) is 16.2 Å². The van der Waals surface area contributed by atoms with Crippen molar-refractivity contribution in [1.29, 1.82) is 0 Å². The molecule has 0 saturated carbocycles. The number of ether oxygens (including phenoxy) is 1. The first-order valence-electron chi connectivity index (χ1n) is 7.16. The van der Waals surface area contributed by atoms with E-state index in [0.717, 1.165) is 10.4 Å². The van der Waals surface area contributed by atoms with Crippen LogP contribution >= 0.6 is 23.7 Å². The van der Waals surface area contributed by atoms with Gasteiger partial charge >= 0.3 is 6.36 Å². The van der Waals surface area contributed by atoms with E-state index in [0.29, 0.717) is 18.0 Å². The highest BCUT2D eigenvalue weighted by Crippen LogP contribution is 2.31. The summed E-state index contributed by atoms with van der Waals surface area (Å²) < 4.78 is 40.3. The van der Waals surface area contributed by atoms with E-state index in [4.69, 9.17) is 0 Å². The molecule has 0 atom stereocenters. The third-order valence-electron chi connectivity index (χ3n) is 3.23. The molecule has 0 saturated heterocycles. The SMILES string of the molecule is CNCCN(C)C(=O)c1ccc(-c2ccc(OC(F)(F)F)cc2)s1.Cl. The lowest BCUT2D eigenvalue weighted by Gasteiger charge is -2.15. The van der Waals surface area contributed by atoms with Crippen molar-refractivity contribution in [3.05, 3.63) is 41.3 Å². The molecule has 0 spiro atoms. The molecule has 2 aromatic rings. The monoisotopic (exact) mass is 394 g/mol. The Morgan fingerprint density at radius 2 is 1.84 bits per heavy atom. The summed E-state index contributed by atoms with van der Waals surface area (Å²) in [4.78, 5) is 15.3. The standard InChI is InChI=1S/C16H17F3N2O2S.ClH/c1-20-9-10-21(2)15(22)14-8-7-13(24-14)11-3-5-12(6-4-11)23-16(17,18)19;/h3-8,20H,9-10H2,1-2H3;1H. The van der Waals surface area contributed by atoms with Gasteiger partial charge in [-0.05, 0) is 49.0 Å². The predicted molar refractivity (Wildman–Crippen MR) is 94.6 cm³/mol. The van der Waals surface area contributed by atoms with E-state index in [1.807, 2.05) is 7.05 Å². The van der Waals surface area contributed by atoms with E-state index >= 15 is 0 Å². The van der Waals surface area contributed by atoms with Crippen molar-refractivity contribution in [2.45, 2.75) is 6.36 Å². The Balaban J connectivity index is 0.00000312. The van der Waals surface area contributed by atoms with Crippen LogP contribution in [0.1, 0.15) is 9.67 Å². The van der Waals surface area contributed by atoms with Gasteiger partial charge in [-0.15, -0.1) is 36.9 Å². The Bertz CT molecular complexity index is 689. The Hall–Kier alpha value is -1.77. The molecule has 0 radical (unpaired) electrons. The average Bonchev–Trinajstić information content (AvgIpc) is 3.01. The lowest BCUT2D eigenvalue weighted by molar-refractivity contribution is -0.274. The fourth-order valence-corrected chi connectivity index (χ4v) is 3.00. The lowest BCUT2D eigenvalue weighted by atomic mass is 10.2. The topological polar surface area (TPSA) is 41.6 Å². The van der Waals surface area contributed by atoms with E-state index in [-0.39, 0.29) is 24.1 Å². The minimum atomic E-state index is -4.71. The van der Waals surface area contributed by atoms with Crippen molar-refractivity contribution in [1.82, 2.24) is 10.2 Å². The Morgan fingerprint density at radius 3 is 2.40 bits per heavy atom. The maximum absolute atomic E-state index is 12.3. The zero-order valence-corrected chi connectivity index (χ0v) is 15.2. The van der Waals surface area contributed by atoms with Gasteiger partial charge in [-0.25, -0.2) is 0 Å².